The Morgan fingerprint density at radius 2 is 1.85 bits per heavy atom. The number of nitrogens with one attached hydrogen (secondary N) is 1. The molecule has 1 amide bonds. The van der Waals surface area contributed by atoms with Gasteiger partial charge in [-0.1, -0.05) is 0 Å². The summed E-state index contributed by atoms with van der Waals surface area (Å²) in [5, 5.41) is 2.70. The molecule has 0 saturated carbocycles. The Hall–Kier alpha value is -2.43. The van der Waals surface area contributed by atoms with Crippen molar-refractivity contribution in [2.45, 2.75) is 6.92 Å². The van der Waals surface area contributed by atoms with Crippen molar-refractivity contribution in [3.63, 3.8) is 0 Å². The molecule has 0 aliphatic carbocycles. The van der Waals surface area contributed by atoms with Crippen molar-refractivity contribution in [3.8, 4) is 11.5 Å². The molecule has 0 spiro atoms. The molecule has 0 bridgehead atoms. The monoisotopic (exact) mass is 275 g/mol. The predicted molar refractivity (Wildman–Crippen MR) is 74.1 cm³/mol. The van der Waals surface area contributed by atoms with Crippen molar-refractivity contribution >= 4 is 5.91 Å². The van der Waals surface area contributed by atoms with Crippen LogP contribution < -0.4 is 14.8 Å². The summed E-state index contributed by atoms with van der Waals surface area (Å²) in [5.41, 5.74) is 0. The molecule has 1 N–H and O–H groups in total. The lowest BCUT2D eigenvalue weighted by atomic mass is 10.3. The lowest BCUT2D eigenvalue weighted by Gasteiger charge is -2.08. The molecule has 1 heterocycles. The molecule has 5 nitrogen and oxygen atoms in total. The van der Waals surface area contributed by atoms with Gasteiger partial charge in [0.15, 0.2) is 5.76 Å². The summed E-state index contributed by atoms with van der Waals surface area (Å²) in [6, 6.07) is 10.6. The summed E-state index contributed by atoms with van der Waals surface area (Å²) in [7, 11) is 0. The van der Waals surface area contributed by atoms with E-state index in [4.69, 9.17) is 13.9 Å². The van der Waals surface area contributed by atoms with Crippen LogP contribution in [0, 0.1) is 0 Å². The fourth-order valence-corrected chi connectivity index (χ4v) is 1.63. The first-order chi connectivity index (χ1) is 9.79. The zero-order valence-electron chi connectivity index (χ0n) is 11.3. The average molecular weight is 275 g/mol. The van der Waals surface area contributed by atoms with Crippen molar-refractivity contribution in [2.75, 3.05) is 19.8 Å². The van der Waals surface area contributed by atoms with Crippen molar-refractivity contribution in [3.05, 3.63) is 48.4 Å². The molecule has 5 heteroatoms. The van der Waals surface area contributed by atoms with Crippen molar-refractivity contribution < 1.29 is 18.7 Å². The minimum atomic E-state index is -0.245. The lowest BCUT2D eigenvalue weighted by Crippen LogP contribution is -2.27. The fraction of sp³-hybridized carbons (Fsp3) is 0.267. The van der Waals surface area contributed by atoms with Gasteiger partial charge < -0.3 is 19.2 Å². The maximum absolute atomic E-state index is 11.6. The molecule has 106 valence electrons. The minimum absolute atomic E-state index is 0.245. The van der Waals surface area contributed by atoms with Crippen molar-refractivity contribution in [1.29, 1.82) is 0 Å². The molecule has 2 aromatic rings. The Kier molecular flexibility index (Phi) is 5.06. The van der Waals surface area contributed by atoms with Crippen LogP contribution >= 0.6 is 0 Å². The molecule has 20 heavy (non-hydrogen) atoms. The van der Waals surface area contributed by atoms with E-state index in [2.05, 4.69) is 5.32 Å². The first-order valence-electron chi connectivity index (χ1n) is 6.47. The van der Waals surface area contributed by atoms with Gasteiger partial charge in [-0.2, -0.15) is 0 Å². The highest BCUT2D eigenvalue weighted by Gasteiger charge is 2.06. The largest absolute Gasteiger partial charge is 0.494 e. The van der Waals surface area contributed by atoms with Gasteiger partial charge in [0.2, 0.25) is 0 Å². The summed E-state index contributed by atoms with van der Waals surface area (Å²) in [6.45, 7) is 3.37. The predicted octanol–water partition coefficient (Wildman–Crippen LogP) is 2.49. The average Bonchev–Trinajstić information content (AvgIpc) is 3.00. The molecule has 0 atom stereocenters. The molecule has 0 aliphatic rings. The maximum Gasteiger partial charge on any atom is 0.287 e. The van der Waals surface area contributed by atoms with E-state index in [0.717, 1.165) is 11.5 Å². The van der Waals surface area contributed by atoms with E-state index >= 15 is 0 Å². The van der Waals surface area contributed by atoms with Crippen molar-refractivity contribution in [1.82, 2.24) is 5.32 Å². The molecule has 1 aromatic heterocycles. The quantitative estimate of drug-likeness (QED) is 0.789. The maximum atomic E-state index is 11.6. The van der Waals surface area contributed by atoms with Crippen LogP contribution in [0.15, 0.2) is 47.1 Å². The van der Waals surface area contributed by atoms with Gasteiger partial charge in [-0.05, 0) is 43.3 Å². The van der Waals surface area contributed by atoms with Crippen LogP contribution in [0.2, 0.25) is 0 Å². The van der Waals surface area contributed by atoms with Crippen LogP contribution in [0.3, 0.4) is 0 Å². The number of furan rings is 1. The second-order valence-corrected chi connectivity index (χ2v) is 3.99. The van der Waals surface area contributed by atoms with E-state index < -0.39 is 0 Å². The first kappa shape index (κ1) is 14.0. The molecule has 1 aromatic carbocycles. The smallest absolute Gasteiger partial charge is 0.287 e. The van der Waals surface area contributed by atoms with E-state index in [0.29, 0.717) is 25.5 Å². The van der Waals surface area contributed by atoms with Crippen LogP contribution in [0.25, 0.3) is 0 Å². The Morgan fingerprint density at radius 3 is 2.45 bits per heavy atom. The summed E-state index contributed by atoms with van der Waals surface area (Å²) in [5.74, 6) is 1.60. The Bertz CT molecular complexity index is 519. The zero-order valence-corrected chi connectivity index (χ0v) is 11.3. The van der Waals surface area contributed by atoms with E-state index in [1.54, 1.807) is 12.1 Å². The third-order valence-corrected chi connectivity index (χ3v) is 2.54. The number of carbonyl (C=O) groups is 1. The van der Waals surface area contributed by atoms with Gasteiger partial charge in [0.05, 0.1) is 19.4 Å². The second-order valence-electron chi connectivity index (χ2n) is 3.99. The van der Waals surface area contributed by atoms with Gasteiger partial charge in [0, 0.05) is 0 Å². The van der Waals surface area contributed by atoms with Gasteiger partial charge in [0.1, 0.15) is 18.1 Å². The minimum Gasteiger partial charge on any atom is -0.494 e. The summed E-state index contributed by atoms with van der Waals surface area (Å²) >= 11 is 0. The molecule has 0 radical (unpaired) electrons. The SMILES string of the molecule is CCOc1ccc(OCCNC(=O)c2ccco2)cc1. The number of carbonyl (C=O) groups excluding carboxylic acids is 1. The molecule has 0 fully saturated rings. The highest BCUT2D eigenvalue weighted by molar-refractivity contribution is 5.91. The first-order valence-corrected chi connectivity index (χ1v) is 6.47. The zero-order chi connectivity index (χ0) is 14.2. The van der Waals surface area contributed by atoms with E-state index in [1.165, 1.54) is 6.26 Å². The summed E-state index contributed by atoms with van der Waals surface area (Å²) < 4.78 is 15.8. The van der Waals surface area contributed by atoms with E-state index in [1.807, 2.05) is 31.2 Å². The van der Waals surface area contributed by atoms with Crippen LogP contribution in [-0.4, -0.2) is 25.7 Å². The normalized spacial score (nSPS) is 10.1. The Labute approximate surface area is 117 Å². The van der Waals surface area contributed by atoms with Gasteiger partial charge in [-0.3, -0.25) is 4.79 Å². The molecule has 0 aliphatic heterocycles. The molecule has 0 unspecified atom stereocenters. The molecular formula is C15H17NO4. The standard InChI is InChI=1S/C15H17NO4/c1-2-18-12-5-7-13(8-6-12)19-11-9-16-15(17)14-4-3-10-20-14/h3-8,10H,2,9,11H2,1H3,(H,16,17). The Balaban J connectivity index is 1.69. The number of ether oxygens (including phenoxy) is 2. The number of amides is 1. The van der Waals surface area contributed by atoms with Gasteiger partial charge in [0.25, 0.3) is 5.91 Å². The van der Waals surface area contributed by atoms with Crippen LogP contribution in [0.4, 0.5) is 0 Å². The fourth-order valence-electron chi connectivity index (χ4n) is 1.63. The highest BCUT2D eigenvalue weighted by Crippen LogP contribution is 2.17. The van der Waals surface area contributed by atoms with Crippen LogP contribution in [-0.2, 0) is 0 Å². The number of rotatable bonds is 7. The molecule has 0 saturated heterocycles. The molecular weight excluding hydrogens is 258 g/mol. The topological polar surface area (TPSA) is 60.7 Å². The van der Waals surface area contributed by atoms with Crippen molar-refractivity contribution in [2.24, 2.45) is 0 Å². The second kappa shape index (κ2) is 7.23. The number of benzene rings is 1. The van der Waals surface area contributed by atoms with E-state index in [-0.39, 0.29) is 5.91 Å². The van der Waals surface area contributed by atoms with Crippen LogP contribution in [0.1, 0.15) is 17.5 Å². The van der Waals surface area contributed by atoms with E-state index in [9.17, 15) is 4.79 Å². The third kappa shape index (κ3) is 4.05. The highest BCUT2D eigenvalue weighted by atomic mass is 16.5. The van der Waals surface area contributed by atoms with Gasteiger partial charge >= 0.3 is 0 Å². The Morgan fingerprint density at radius 1 is 1.15 bits per heavy atom. The number of hydrogen-bond acceptors (Lipinski definition) is 4. The lowest BCUT2D eigenvalue weighted by molar-refractivity contribution is 0.0919. The third-order valence-electron chi connectivity index (χ3n) is 2.54. The molecule has 2 rings (SSSR count). The summed E-state index contributed by atoms with van der Waals surface area (Å²) in [4.78, 5) is 11.6. The number of hydrogen-bond donors (Lipinski definition) is 1. The van der Waals surface area contributed by atoms with Crippen LogP contribution in [0.5, 0.6) is 11.5 Å². The van der Waals surface area contributed by atoms with Gasteiger partial charge in [-0.15, -0.1) is 0 Å². The van der Waals surface area contributed by atoms with Gasteiger partial charge in [-0.25, -0.2) is 0 Å². The summed E-state index contributed by atoms with van der Waals surface area (Å²) in [6.07, 6.45) is 1.46.